The van der Waals surface area contributed by atoms with Gasteiger partial charge in [0.05, 0.1) is 16.8 Å². The highest BCUT2D eigenvalue weighted by Crippen LogP contribution is 2.32. The monoisotopic (exact) mass is 353 g/mol. The van der Waals surface area contributed by atoms with Gasteiger partial charge in [0.15, 0.2) is 0 Å². The van der Waals surface area contributed by atoms with Crippen LogP contribution in [0, 0.1) is 0 Å². The Labute approximate surface area is 139 Å². The minimum absolute atomic E-state index is 0.248. The second-order valence-corrected chi connectivity index (χ2v) is 10.7. The van der Waals surface area contributed by atoms with Crippen LogP contribution in [-0.4, -0.2) is 14.3 Å². The van der Waals surface area contributed by atoms with Gasteiger partial charge in [0, 0.05) is 5.69 Å². The molecule has 0 aromatic heterocycles. The summed E-state index contributed by atoms with van der Waals surface area (Å²) in [6.07, 6.45) is -4.42. The molecule has 0 saturated heterocycles. The molecule has 3 nitrogen and oxygen atoms in total. The Bertz CT molecular complexity index is 739. The van der Waals surface area contributed by atoms with Crippen molar-refractivity contribution in [2.24, 2.45) is 0 Å². The molecule has 0 saturated carbocycles. The lowest BCUT2D eigenvalue weighted by molar-refractivity contribution is -0.137. The average Bonchev–Trinajstić information content (AvgIpc) is 2.45. The van der Waals surface area contributed by atoms with Gasteiger partial charge in [-0.1, -0.05) is 18.2 Å². The number of nitrogens with one attached hydrogen (secondary N) is 1. The Morgan fingerprint density at radius 2 is 1.71 bits per heavy atom. The molecule has 0 heterocycles. The van der Waals surface area contributed by atoms with Crippen LogP contribution in [-0.2, 0) is 10.6 Å². The molecule has 0 spiro atoms. The number of rotatable bonds is 4. The lowest BCUT2D eigenvalue weighted by Crippen LogP contribution is -2.29. The molecule has 0 bridgehead atoms. The summed E-state index contributed by atoms with van der Waals surface area (Å²) in [5.41, 5.74) is 0.185. The fraction of sp³-hybridized carbons (Fsp3) is 0.235. The Balaban J connectivity index is 2.30. The normalized spacial score (nSPS) is 11.9. The molecule has 2 aromatic rings. The van der Waals surface area contributed by atoms with E-state index in [-0.39, 0.29) is 11.3 Å². The van der Waals surface area contributed by atoms with Crippen LogP contribution in [0.15, 0.2) is 48.5 Å². The van der Waals surface area contributed by atoms with Crippen molar-refractivity contribution in [3.05, 3.63) is 59.7 Å². The maximum absolute atomic E-state index is 12.8. The zero-order valence-electron chi connectivity index (χ0n) is 13.6. The van der Waals surface area contributed by atoms with Crippen molar-refractivity contribution in [2.45, 2.75) is 25.8 Å². The summed E-state index contributed by atoms with van der Waals surface area (Å²) < 4.78 is 43.9. The number of hydrogen-bond donors (Lipinski definition) is 1. The molecule has 0 aliphatic carbocycles. The van der Waals surface area contributed by atoms with Crippen LogP contribution in [0.4, 0.5) is 24.5 Å². The number of benzene rings is 2. The van der Waals surface area contributed by atoms with Gasteiger partial charge in [0.1, 0.15) is 0 Å². The summed E-state index contributed by atoms with van der Waals surface area (Å²) in [5.74, 6) is -0.482. The second kappa shape index (κ2) is 6.68. The van der Waals surface area contributed by atoms with Crippen LogP contribution in [0.3, 0.4) is 0 Å². The van der Waals surface area contributed by atoms with Crippen molar-refractivity contribution < 1.29 is 22.4 Å². The van der Waals surface area contributed by atoms with E-state index in [1.807, 2.05) is 19.6 Å². The van der Waals surface area contributed by atoms with E-state index in [0.29, 0.717) is 5.69 Å². The maximum atomic E-state index is 12.8. The van der Waals surface area contributed by atoms with Gasteiger partial charge < -0.3 is 9.74 Å². The summed E-state index contributed by atoms with van der Waals surface area (Å²) in [6, 6.07) is 11.4. The Morgan fingerprint density at radius 1 is 1.04 bits per heavy atom. The molecule has 0 amide bonds. The molecule has 0 aliphatic heterocycles. The molecule has 2 rings (SSSR count). The third-order valence-electron chi connectivity index (χ3n) is 3.01. The zero-order valence-corrected chi connectivity index (χ0v) is 14.6. The van der Waals surface area contributed by atoms with Crippen molar-refractivity contribution in [1.82, 2.24) is 0 Å². The van der Waals surface area contributed by atoms with Gasteiger partial charge in [-0.2, -0.15) is 13.2 Å². The lowest BCUT2D eigenvalue weighted by atomic mass is 10.1. The maximum Gasteiger partial charge on any atom is 0.416 e. The van der Waals surface area contributed by atoms with Crippen LogP contribution in [0.25, 0.3) is 0 Å². The van der Waals surface area contributed by atoms with Crippen LogP contribution < -0.4 is 5.32 Å². The standard InChI is InChI=1S/C17H18F3NO2Si/c1-24(2,3)23-16(22)14-9-4-5-10-15(14)21-13-8-6-7-12(11-13)17(18,19)20/h4-11,21H,1-3H3. The predicted molar refractivity (Wildman–Crippen MR) is 89.9 cm³/mol. The summed E-state index contributed by atoms with van der Waals surface area (Å²) in [7, 11) is -2.08. The number of halogens is 3. The SMILES string of the molecule is C[Si](C)(C)OC(=O)c1ccccc1Nc1cccc(C(F)(F)F)c1. The molecular weight excluding hydrogens is 335 g/mol. The minimum Gasteiger partial charge on any atom is -0.516 e. The molecule has 0 fully saturated rings. The number of anilines is 2. The van der Waals surface area contributed by atoms with Crippen molar-refractivity contribution in [3.63, 3.8) is 0 Å². The largest absolute Gasteiger partial charge is 0.516 e. The van der Waals surface area contributed by atoms with Crippen LogP contribution in [0.2, 0.25) is 19.6 Å². The van der Waals surface area contributed by atoms with Crippen molar-refractivity contribution in [2.75, 3.05) is 5.32 Å². The van der Waals surface area contributed by atoms with E-state index in [1.165, 1.54) is 12.1 Å². The van der Waals surface area contributed by atoms with Crippen LogP contribution in [0.1, 0.15) is 15.9 Å². The molecule has 7 heteroatoms. The quantitative estimate of drug-likeness (QED) is 0.744. The van der Waals surface area contributed by atoms with Gasteiger partial charge in [0.2, 0.25) is 8.32 Å². The smallest absolute Gasteiger partial charge is 0.416 e. The highest BCUT2D eigenvalue weighted by molar-refractivity contribution is 6.71. The summed E-state index contributed by atoms with van der Waals surface area (Å²) in [4.78, 5) is 12.3. The summed E-state index contributed by atoms with van der Waals surface area (Å²) in [5, 5.41) is 2.87. The first-order valence-corrected chi connectivity index (χ1v) is 10.7. The molecular formula is C17H18F3NO2Si. The van der Waals surface area contributed by atoms with Crippen molar-refractivity contribution in [3.8, 4) is 0 Å². The van der Waals surface area contributed by atoms with E-state index in [1.54, 1.807) is 24.3 Å². The summed E-state index contributed by atoms with van der Waals surface area (Å²) in [6.45, 7) is 5.65. The van der Waals surface area contributed by atoms with Crippen molar-refractivity contribution in [1.29, 1.82) is 0 Å². The molecule has 1 N–H and O–H groups in total. The van der Waals surface area contributed by atoms with E-state index in [4.69, 9.17) is 4.43 Å². The Hall–Kier alpha value is -2.28. The highest BCUT2D eigenvalue weighted by atomic mass is 28.4. The molecule has 0 atom stereocenters. The average molecular weight is 353 g/mol. The van der Waals surface area contributed by atoms with Gasteiger partial charge in [-0.3, -0.25) is 0 Å². The number of carbonyl (C=O) groups excluding carboxylic acids is 1. The first kappa shape index (κ1) is 18.1. The summed E-state index contributed by atoms with van der Waals surface area (Å²) >= 11 is 0. The second-order valence-electron chi connectivity index (χ2n) is 6.25. The van der Waals surface area contributed by atoms with E-state index in [2.05, 4.69) is 5.32 Å². The first-order valence-electron chi connectivity index (χ1n) is 7.33. The van der Waals surface area contributed by atoms with Gasteiger partial charge in [-0.15, -0.1) is 0 Å². The van der Waals surface area contributed by atoms with Gasteiger partial charge in [0.25, 0.3) is 0 Å². The fourth-order valence-corrected chi connectivity index (χ4v) is 2.70. The van der Waals surface area contributed by atoms with E-state index >= 15 is 0 Å². The van der Waals surface area contributed by atoms with Crippen LogP contribution in [0.5, 0.6) is 0 Å². The third-order valence-corrected chi connectivity index (χ3v) is 3.81. The van der Waals surface area contributed by atoms with Gasteiger partial charge in [-0.05, 0) is 50.0 Å². The lowest BCUT2D eigenvalue weighted by Gasteiger charge is -2.19. The molecule has 0 radical (unpaired) electrons. The fourth-order valence-electron chi connectivity index (χ4n) is 2.03. The number of alkyl halides is 3. The first-order chi connectivity index (χ1) is 11.1. The molecule has 128 valence electrons. The van der Waals surface area contributed by atoms with E-state index in [0.717, 1.165) is 12.1 Å². The van der Waals surface area contributed by atoms with E-state index in [9.17, 15) is 18.0 Å². The Kier molecular flexibility index (Phi) is 5.03. The van der Waals surface area contributed by atoms with Gasteiger partial charge in [-0.25, -0.2) is 4.79 Å². The molecule has 0 unspecified atom stereocenters. The van der Waals surface area contributed by atoms with Crippen LogP contribution >= 0.6 is 0 Å². The van der Waals surface area contributed by atoms with Crippen molar-refractivity contribution >= 4 is 25.7 Å². The molecule has 0 aliphatic rings. The third kappa shape index (κ3) is 4.86. The number of carbonyl (C=O) groups is 1. The van der Waals surface area contributed by atoms with Gasteiger partial charge >= 0.3 is 12.1 Å². The zero-order chi connectivity index (χ0) is 18.0. The minimum atomic E-state index is -4.42. The molecule has 2 aromatic carbocycles. The number of para-hydroxylation sites is 1. The Morgan fingerprint density at radius 3 is 2.33 bits per heavy atom. The highest BCUT2D eigenvalue weighted by Gasteiger charge is 2.30. The topological polar surface area (TPSA) is 38.3 Å². The molecule has 24 heavy (non-hydrogen) atoms. The predicted octanol–water partition coefficient (Wildman–Crippen LogP) is 5.44. The van der Waals surface area contributed by atoms with E-state index < -0.39 is 26.0 Å². The number of hydrogen-bond acceptors (Lipinski definition) is 3.